The van der Waals surface area contributed by atoms with E-state index in [9.17, 15) is 4.79 Å². The number of hydrogen-bond donors (Lipinski definition) is 0. The molecule has 2 aliphatic heterocycles. The number of carbonyl (C=O) groups excluding carboxylic acids is 1. The summed E-state index contributed by atoms with van der Waals surface area (Å²) in [5, 5.41) is 0. The minimum Gasteiger partial charge on any atom is -0.334 e. The summed E-state index contributed by atoms with van der Waals surface area (Å²) in [6, 6.07) is 8.38. The van der Waals surface area contributed by atoms with Crippen LogP contribution in [-0.2, 0) is 0 Å². The maximum atomic E-state index is 12.9. The highest BCUT2D eigenvalue weighted by Gasteiger charge is 2.28. The summed E-state index contributed by atoms with van der Waals surface area (Å²) in [7, 11) is 0. The van der Waals surface area contributed by atoms with Crippen molar-refractivity contribution in [3.8, 4) is 0 Å². The number of benzene rings is 1. The molecule has 0 N–H and O–H groups in total. The van der Waals surface area contributed by atoms with Gasteiger partial charge in [-0.1, -0.05) is 17.7 Å². The predicted octanol–water partition coefficient (Wildman–Crippen LogP) is 3.04. The van der Waals surface area contributed by atoms with Crippen LogP contribution in [0.25, 0.3) is 0 Å². The van der Waals surface area contributed by atoms with Crippen LogP contribution in [0.2, 0.25) is 0 Å². The van der Waals surface area contributed by atoms with Crippen molar-refractivity contribution in [2.45, 2.75) is 32.2 Å². The SMILES string of the molecule is Cc1ccc(C(=O)N2CCCSCC2CN2CCCC2)cc1. The summed E-state index contributed by atoms with van der Waals surface area (Å²) in [5.74, 6) is 2.47. The molecule has 0 saturated carbocycles. The fraction of sp³-hybridized carbons (Fsp3) is 0.611. The van der Waals surface area contributed by atoms with Gasteiger partial charge in [-0.3, -0.25) is 4.79 Å². The predicted molar refractivity (Wildman–Crippen MR) is 93.6 cm³/mol. The zero-order chi connectivity index (χ0) is 15.4. The summed E-state index contributed by atoms with van der Waals surface area (Å²) >= 11 is 2.01. The molecule has 4 heteroatoms. The van der Waals surface area contributed by atoms with Gasteiger partial charge in [-0.2, -0.15) is 11.8 Å². The van der Waals surface area contributed by atoms with E-state index in [1.165, 1.54) is 37.2 Å². The molecular weight excluding hydrogens is 292 g/mol. The van der Waals surface area contributed by atoms with E-state index >= 15 is 0 Å². The first-order valence-corrected chi connectivity index (χ1v) is 9.57. The zero-order valence-corrected chi connectivity index (χ0v) is 14.3. The smallest absolute Gasteiger partial charge is 0.254 e. The number of rotatable bonds is 3. The molecule has 0 aromatic heterocycles. The van der Waals surface area contributed by atoms with Crippen LogP contribution >= 0.6 is 11.8 Å². The van der Waals surface area contributed by atoms with E-state index in [2.05, 4.69) is 16.7 Å². The Bertz CT molecular complexity index is 496. The van der Waals surface area contributed by atoms with E-state index in [1.54, 1.807) is 0 Å². The molecule has 2 fully saturated rings. The summed E-state index contributed by atoms with van der Waals surface area (Å²) in [5.41, 5.74) is 2.04. The third-order valence-corrected chi connectivity index (χ3v) is 5.86. The van der Waals surface area contributed by atoms with Crippen LogP contribution in [-0.4, -0.2) is 59.4 Å². The fourth-order valence-corrected chi connectivity index (χ4v) is 4.43. The van der Waals surface area contributed by atoms with E-state index in [0.29, 0.717) is 6.04 Å². The molecule has 120 valence electrons. The third kappa shape index (κ3) is 3.85. The van der Waals surface area contributed by atoms with Gasteiger partial charge in [0.05, 0.1) is 6.04 Å². The molecule has 0 aliphatic carbocycles. The molecule has 1 unspecified atom stereocenters. The molecule has 0 radical (unpaired) electrons. The van der Waals surface area contributed by atoms with Gasteiger partial charge in [0.2, 0.25) is 0 Å². The number of nitrogens with zero attached hydrogens (tertiary/aromatic N) is 2. The topological polar surface area (TPSA) is 23.6 Å². The number of aryl methyl sites for hydroxylation is 1. The average Bonchev–Trinajstić information content (AvgIpc) is 2.92. The lowest BCUT2D eigenvalue weighted by Crippen LogP contribution is -2.47. The Morgan fingerprint density at radius 2 is 1.86 bits per heavy atom. The first-order chi connectivity index (χ1) is 10.7. The van der Waals surface area contributed by atoms with Crippen LogP contribution in [0.1, 0.15) is 35.2 Å². The van der Waals surface area contributed by atoms with E-state index in [-0.39, 0.29) is 5.91 Å². The van der Waals surface area contributed by atoms with Gasteiger partial charge in [0, 0.05) is 24.4 Å². The second-order valence-electron chi connectivity index (χ2n) is 6.45. The third-order valence-electron chi connectivity index (χ3n) is 4.67. The molecule has 22 heavy (non-hydrogen) atoms. The van der Waals surface area contributed by atoms with Gasteiger partial charge in [-0.15, -0.1) is 0 Å². The van der Waals surface area contributed by atoms with Gasteiger partial charge >= 0.3 is 0 Å². The van der Waals surface area contributed by atoms with Crippen molar-refractivity contribution in [1.29, 1.82) is 0 Å². The number of carbonyl (C=O) groups is 1. The Hall–Kier alpha value is -1.00. The van der Waals surface area contributed by atoms with Crippen molar-refractivity contribution in [3.05, 3.63) is 35.4 Å². The fourth-order valence-electron chi connectivity index (χ4n) is 3.37. The van der Waals surface area contributed by atoms with E-state index in [4.69, 9.17) is 0 Å². The molecule has 3 nitrogen and oxygen atoms in total. The van der Waals surface area contributed by atoms with Crippen LogP contribution in [0.4, 0.5) is 0 Å². The first kappa shape index (κ1) is 15.9. The minimum atomic E-state index is 0.215. The van der Waals surface area contributed by atoms with Crippen molar-refractivity contribution >= 4 is 17.7 Å². The first-order valence-electron chi connectivity index (χ1n) is 8.42. The highest BCUT2D eigenvalue weighted by molar-refractivity contribution is 7.99. The maximum Gasteiger partial charge on any atom is 0.254 e. The molecule has 2 saturated heterocycles. The number of hydrogen-bond acceptors (Lipinski definition) is 3. The Labute approximate surface area is 138 Å². The van der Waals surface area contributed by atoms with Gasteiger partial charge < -0.3 is 9.80 Å². The molecule has 1 aromatic rings. The standard InChI is InChI=1S/C18H26N2OS/c1-15-5-7-16(8-6-15)18(21)20-11-4-12-22-14-17(20)13-19-9-2-3-10-19/h5-8,17H,2-4,9-14H2,1H3. The van der Waals surface area contributed by atoms with Crippen LogP contribution < -0.4 is 0 Å². The number of thioether (sulfide) groups is 1. The van der Waals surface area contributed by atoms with E-state index in [1.807, 2.05) is 36.0 Å². The van der Waals surface area contributed by atoms with Crippen LogP contribution in [0, 0.1) is 6.92 Å². The minimum absolute atomic E-state index is 0.215. The molecule has 2 heterocycles. The average molecular weight is 318 g/mol. The molecule has 3 rings (SSSR count). The lowest BCUT2D eigenvalue weighted by molar-refractivity contribution is 0.0666. The normalized spacial score (nSPS) is 23.5. The zero-order valence-electron chi connectivity index (χ0n) is 13.5. The lowest BCUT2D eigenvalue weighted by atomic mass is 10.1. The molecule has 0 bridgehead atoms. The van der Waals surface area contributed by atoms with Crippen LogP contribution in [0.5, 0.6) is 0 Å². The summed E-state index contributed by atoms with van der Waals surface area (Å²) in [6.45, 7) is 6.41. The van der Waals surface area contributed by atoms with Crippen LogP contribution in [0.3, 0.4) is 0 Å². The van der Waals surface area contributed by atoms with Gasteiger partial charge in [-0.05, 0) is 57.2 Å². The van der Waals surface area contributed by atoms with E-state index in [0.717, 1.165) is 30.8 Å². The Morgan fingerprint density at radius 1 is 1.14 bits per heavy atom. The van der Waals surface area contributed by atoms with Gasteiger partial charge in [0.1, 0.15) is 0 Å². The van der Waals surface area contributed by atoms with Crippen molar-refractivity contribution < 1.29 is 4.79 Å². The Kier molecular flexibility index (Phi) is 5.42. The molecule has 2 aliphatic rings. The highest BCUT2D eigenvalue weighted by atomic mass is 32.2. The van der Waals surface area contributed by atoms with Crippen molar-refractivity contribution in [3.63, 3.8) is 0 Å². The molecule has 1 aromatic carbocycles. The van der Waals surface area contributed by atoms with Gasteiger partial charge in [0.25, 0.3) is 5.91 Å². The second kappa shape index (κ2) is 7.51. The van der Waals surface area contributed by atoms with Crippen molar-refractivity contribution in [2.75, 3.05) is 37.7 Å². The summed E-state index contributed by atoms with van der Waals surface area (Å²) in [4.78, 5) is 17.6. The molecular formula is C18H26N2OS. The monoisotopic (exact) mass is 318 g/mol. The van der Waals surface area contributed by atoms with Gasteiger partial charge in [0.15, 0.2) is 0 Å². The van der Waals surface area contributed by atoms with E-state index < -0.39 is 0 Å². The largest absolute Gasteiger partial charge is 0.334 e. The highest BCUT2D eigenvalue weighted by Crippen LogP contribution is 2.21. The summed E-state index contributed by atoms with van der Waals surface area (Å²) in [6.07, 6.45) is 3.73. The molecule has 1 atom stereocenters. The molecule has 1 amide bonds. The van der Waals surface area contributed by atoms with Crippen molar-refractivity contribution in [1.82, 2.24) is 9.80 Å². The maximum absolute atomic E-state index is 12.9. The van der Waals surface area contributed by atoms with Crippen LogP contribution in [0.15, 0.2) is 24.3 Å². The quantitative estimate of drug-likeness (QED) is 0.856. The Balaban J connectivity index is 1.73. The Morgan fingerprint density at radius 3 is 2.59 bits per heavy atom. The van der Waals surface area contributed by atoms with Crippen molar-refractivity contribution in [2.24, 2.45) is 0 Å². The number of amides is 1. The number of likely N-dealkylation sites (tertiary alicyclic amines) is 1. The van der Waals surface area contributed by atoms with Gasteiger partial charge in [-0.25, -0.2) is 0 Å². The summed E-state index contributed by atoms with van der Waals surface area (Å²) < 4.78 is 0. The second-order valence-corrected chi connectivity index (χ2v) is 7.60. The lowest BCUT2D eigenvalue weighted by Gasteiger charge is -2.32. The molecule has 0 spiro atoms.